The highest BCUT2D eigenvalue weighted by molar-refractivity contribution is 5.88. The van der Waals surface area contributed by atoms with Gasteiger partial charge in [-0.25, -0.2) is 4.79 Å². The number of aliphatic hydroxyl groups excluding tert-OH is 1. The zero-order chi connectivity index (χ0) is 17.7. The summed E-state index contributed by atoms with van der Waals surface area (Å²) in [5, 5.41) is 19.7. The summed E-state index contributed by atoms with van der Waals surface area (Å²) in [5.74, 6) is 1.17. The Morgan fingerprint density at radius 1 is 1.29 bits per heavy atom. The van der Waals surface area contributed by atoms with Gasteiger partial charge >= 0.3 is 6.03 Å². The Labute approximate surface area is 141 Å². The van der Waals surface area contributed by atoms with Gasteiger partial charge in [0.15, 0.2) is 5.82 Å². The standard InChI is InChI=1S/C17H24N4O3/c1-17(2,3)21-10-9-15(20-21)19-16(23)18-11-14(22)12-5-7-13(24-4)8-6-12/h5-10,14,22H,11H2,1-4H3,(H2,18,19,20,23)/t14-/m1/s1. The van der Waals surface area contributed by atoms with Crippen molar-refractivity contribution >= 4 is 11.8 Å². The lowest BCUT2D eigenvalue weighted by Gasteiger charge is -2.18. The van der Waals surface area contributed by atoms with E-state index in [1.54, 1.807) is 42.1 Å². The van der Waals surface area contributed by atoms with Gasteiger partial charge in [0.1, 0.15) is 5.75 Å². The van der Waals surface area contributed by atoms with E-state index in [1.165, 1.54) is 0 Å². The highest BCUT2D eigenvalue weighted by atomic mass is 16.5. The molecule has 3 N–H and O–H groups in total. The third-order valence-electron chi connectivity index (χ3n) is 3.47. The van der Waals surface area contributed by atoms with Crippen LogP contribution >= 0.6 is 0 Å². The van der Waals surface area contributed by atoms with Crippen molar-refractivity contribution in [1.29, 1.82) is 0 Å². The molecule has 0 aliphatic carbocycles. The minimum atomic E-state index is -0.797. The molecule has 0 spiro atoms. The number of hydrogen-bond acceptors (Lipinski definition) is 4. The van der Waals surface area contributed by atoms with Crippen molar-refractivity contribution in [1.82, 2.24) is 15.1 Å². The molecule has 0 unspecified atom stereocenters. The van der Waals surface area contributed by atoms with Crippen LogP contribution in [0.1, 0.15) is 32.4 Å². The van der Waals surface area contributed by atoms with Gasteiger partial charge in [0.25, 0.3) is 0 Å². The fraction of sp³-hybridized carbons (Fsp3) is 0.412. The van der Waals surface area contributed by atoms with Gasteiger partial charge in [-0.1, -0.05) is 12.1 Å². The van der Waals surface area contributed by atoms with Crippen LogP contribution in [0.4, 0.5) is 10.6 Å². The average Bonchev–Trinajstić information content (AvgIpc) is 3.01. The summed E-state index contributed by atoms with van der Waals surface area (Å²) in [6.45, 7) is 6.16. The number of hydrogen-bond donors (Lipinski definition) is 3. The normalized spacial score (nSPS) is 12.5. The second kappa shape index (κ2) is 7.35. The van der Waals surface area contributed by atoms with Gasteiger partial charge < -0.3 is 15.2 Å². The van der Waals surface area contributed by atoms with Crippen molar-refractivity contribution in [3.63, 3.8) is 0 Å². The fourth-order valence-corrected chi connectivity index (χ4v) is 2.06. The van der Waals surface area contributed by atoms with Crippen molar-refractivity contribution < 1.29 is 14.6 Å². The highest BCUT2D eigenvalue weighted by Gasteiger charge is 2.15. The summed E-state index contributed by atoms with van der Waals surface area (Å²) in [6.07, 6.45) is 1.01. The number of aliphatic hydroxyl groups is 1. The lowest BCUT2D eigenvalue weighted by atomic mass is 10.1. The topological polar surface area (TPSA) is 88.4 Å². The SMILES string of the molecule is COc1ccc([C@H](O)CNC(=O)Nc2ccn(C(C)(C)C)n2)cc1. The molecule has 1 aromatic carbocycles. The number of carbonyl (C=O) groups is 1. The zero-order valence-corrected chi connectivity index (χ0v) is 14.4. The molecule has 0 aliphatic heterocycles. The molecular weight excluding hydrogens is 308 g/mol. The van der Waals surface area contributed by atoms with Crippen LogP contribution in [0.3, 0.4) is 0 Å². The van der Waals surface area contributed by atoms with Crippen LogP contribution in [0, 0.1) is 0 Å². The quantitative estimate of drug-likeness (QED) is 0.785. The monoisotopic (exact) mass is 332 g/mol. The number of methoxy groups -OCH3 is 1. The number of rotatable bonds is 5. The minimum absolute atomic E-state index is 0.0954. The number of amides is 2. The Kier molecular flexibility index (Phi) is 5.46. The van der Waals surface area contributed by atoms with Gasteiger partial charge in [0, 0.05) is 18.8 Å². The van der Waals surface area contributed by atoms with Gasteiger partial charge in [0.05, 0.1) is 18.8 Å². The van der Waals surface area contributed by atoms with Crippen LogP contribution in [0.2, 0.25) is 0 Å². The number of aromatic nitrogens is 2. The summed E-state index contributed by atoms with van der Waals surface area (Å²) < 4.78 is 6.84. The van der Waals surface area contributed by atoms with Crippen LogP contribution < -0.4 is 15.4 Å². The van der Waals surface area contributed by atoms with Crippen molar-refractivity contribution in [3.05, 3.63) is 42.1 Å². The van der Waals surface area contributed by atoms with Crippen LogP contribution in [0.25, 0.3) is 0 Å². The maximum absolute atomic E-state index is 11.9. The molecular formula is C17H24N4O3. The number of nitrogens with zero attached hydrogens (tertiary/aromatic N) is 2. The van der Waals surface area contributed by atoms with E-state index in [0.29, 0.717) is 17.1 Å². The maximum atomic E-state index is 11.9. The second-order valence-electron chi connectivity index (χ2n) is 6.44. The molecule has 130 valence electrons. The molecule has 0 saturated heterocycles. The fourth-order valence-electron chi connectivity index (χ4n) is 2.06. The predicted molar refractivity (Wildman–Crippen MR) is 92.2 cm³/mol. The number of urea groups is 1. The summed E-state index contributed by atoms with van der Waals surface area (Å²) in [7, 11) is 1.58. The molecule has 1 heterocycles. The lowest BCUT2D eigenvalue weighted by molar-refractivity contribution is 0.175. The molecule has 0 aliphatic rings. The van der Waals surface area contributed by atoms with E-state index in [1.807, 2.05) is 27.0 Å². The van der Waals surface area contributed by atoms with Gasteiger partial charge in [-0.2, -0.15) is 5.10 Å². The van der Waals surface area contributed by atoms with Crippen molar-refractivity contribution in [2.24, 2.45) is 0 Å². The lowest BCUT2D eigenvalue weighted by Crippen LogP contribution is -2.32. The maximum Gasteiger partial charge on any atom is 0.320 e. The first-order valence-electron chi connectivity index (χ1n) is 7.72. The average molecular weight is 332 g/mol. The molecule has 0 saturated carbocycles. The third kappa shape index (κ3) is 4.73. The van der Waals surface area contributed by atoms with E-state index in [4.69, 9.17) is 4.74 Å². The Bertz CT molecular complexity index is 674. The Morgan fingerprint density at radius 2 is 1.96 bits per heavy atom. The van der Waals surface area contributed by atoms with Crippen molar-refractivity contribution in [2.75, 3.05) is 19.0 Å². The molecule has 7 nitrogen and oxygen atoms in total. The molecule has 2 rings (SSSR count). The zero-order valence-electron chi connectivity index (χ0n) is 14.4. The summed E-state index contributed by atoms with van der Waals surface area (Å²) in [4.78, 5) is 11.9. The number of carbonyl (C=O) groups excluding carboxylic acids is 1. The number of anilines is 1. The Hall–Kier alpha value is -2.54. The Morgan fingerprint density at radius 3 is 2.50 bits per heavy atom. The van der Waals surface area contributed by atoms with Crippen LogP contribution in [0.15, 0.2) is 36.5 Å². The van der Waals surface area contributed by atoms with E-state index >= 15 is 0 Å². The van der Waals surface area contributed by atoms with E-state index in [0.717, 1.165) is 0 Å². The van der Waals surface area contributed by atoms with Crippen LogP contribution in [-0.2, 0) is 5.54 Å². The molecule has 2 amide bonds. The second-order valence-corrected chi connectivity index (χ2v) is 6.44. The van der Waals surface area contributed by atoms with Gasteiger partial charge in [-0.15, -0.1) is 0 Å². The smallest absolute Gasteiger partial charge is 0.320 e. The minimum Gasteiger partial charge on any atom is -0.497 e. The first-order valence-corrected chi connectivity index (χ1v) is 7.72. The molecule has 1 atom stereocenters. The molecule has 0 bridgehead atoms. The number of nitrogens with one attached hydrogen (secondary N) is 2. The first kappa shape index (κ1) is 17.8. The summed E-state index contributed by atoms with van der Waals surface area (Å²) in [5.41, 5.74) is 0.550. The Balaban J connectivity index is 1.85. The molecule has 24 heavy (non-hydrogen) atoms. The summed E-state index contributed by atoms with van der Waals surface area (Å²) >= 11 is 0. The van der Waals surface area contributed by atoms with Gasteiger partial charge in [-0.05, 0) is 38.5 Å². The van der Waals surface area contributed by atoms with E-state index in [9.17, 15) is 9.90 Å². The van der Waals surface area contributed by atoms with E-state index in [-0.39, 0.29) is 12.1 Å². The van der Waals surface area contributed by atoms with Crippen molar-refractivity contribution in [3.8, 4) is 5.75 Å². The predicted octanol–water partition coefficient (Wildman–Crippen LogP) is 2.50. The first-order chi connectivity index (χ1) is 11.3. The van der Waals surface area contributed by atoms with Gasteiger partial charge in [-0.3, -0.25) is 10.00 Å². The molecule has 7 heteroatoms. The van der Waals surface area contributed by atoms with E-state index in [2.05, 4.69) is 15.7 Å². The van der Waals surface area contributed by atoms with Crippen molar-refractivity contribution in [2.45, 2.75) is 32.4 Å². The largest absolute Gasteiger partial charge is 0.497 e. The van der Waals surface area contributed by atoms with Crippen LogP contribution in [0.5, 0.6) is 5.75 Å². The highest BCUT2D eigenvalue weighted by Crippen LogP contribution is 2.17. The van der Waals surface area contributed by atoms with E-state index < -0.39 is 12.1 Å². The third-order valence-corrected chi connectivity index (χ3v) is 3.47. The number of ether oxygens (including phenoxy) is 1. The molecule has 0 fully saturated rings. The number of benzene rings is 1. The van der Waals surface area contributed by atoms with Crippen LogP contribution in [-0.4, -0.2) is 34.6 Å². The summed E-state index contributed by atoms with van der Waals surface area (Å²) in [6, 6.07) is 8.35. The van der Waals surface area contributed by atoms with Gasteiger partial charge in [0.2, 0.25) is 0 Å². The molecule has 2 aromatic rings. The molecule has 1 aromatic heterocycles. The molecule has 0 radical (unpaired) electrons.